The van der Waals surface area contributed by atoms with E-state index < -0.39 is 11.6 Å². The Bertz CT molecular complexity index is 206. The van der Waals surface area contributed by atoms with E-state index in [9.17, 15) is 9.59 Å². The number of rotatable bonds is 3. The summed E-state index contributed by atoms with van der Waals surface area (Å²) in [5, 5.41) is 10.9. The minimum Gasteiger partial charge on any atom is -0.410 e. The maximum Gasteiger partial charge on any atom is 0.190 e. The summed E-state index contributed by atoms with van der Waals surface area (Å²) in [4.78, 5) is 21.6. The highest BCUT2D eigenvalue weighted by atomic mass is 16.4. The van der Waals surface area contributed by atoms with Crippen LogP contribution in [0.5, 0.6) is 0 Å². The molecule has 0 spiro atoms. The van der Waals surface area contributed by atoms with Crippen molar-refractivity contribution in [3.05, 3.63) is 0 Å². The van der Waals surface area contributed by atoms with Crippen LogP contribution in [-0.4, -0.2) is 22.5 Å². The Hall–Kier alpha value is -1.19. The van der Waals surface area contributed by atoms with Crippen molar-refractivity contribution in [2.45, 2.75) is 20.8 Å². The van der Waals surface area contributed by atoms with Crippen molar-refractivity contribution in [1.82, 2.24) is 0 Å². The second kappa shape index (κ2) is 3.85. The molecule has 0 aliphatic heterocycles. The van der Waals surface area contributed by atoms with Crippen LogP contribution in [0.3, 0.4) is 0 Å². The van der Waals surface area contributed by atoms with Crippen molar-refractivity contribution in [2.75, 3.05) is 0 Å². The van der Waals surface area contributed by atoms with E-state index in [2.05, 4.69) is 5.16 Å². The Morgan fingerprint density at radius 3 is 1.91 bits per heavy atom. The number of carbonyl (C=O) groups is 2. The molecule has 0 fully saturated rings. The van der Waals surface area contributed by atoms with E-state index in [0.717, 1.165) is 0 Å². The third kappa shape index (κ3) is 2.49. The van der Waals surface area contributed by atoms with Crippen LogP contribution in [0, 0.1) is 5.92 Å². The Morgan fingerprint density at radius 2 is 1.82 bits per heavy atom. The molecule has 0 aliphatic carbocycles. The molecule has 0 rings (SSSR count). The first kappa shape index (κ1) is 9.81. The average Bonchev–Trinajstić information content (AvgIpc) is 1.88. The summed E-state index contributed by atoms with van der Waals surface area (Å²) in [6.45, 7) is 4.46. The molecule has 4 nitrogen and oxygen atoms in total. The maximum absolute atomic E-state index is 11.0. The molecule has 0 saturated carbocycles. The van der Waals surface area contributed by atoms with Gasteiger partial charge in [-0.15, -0.1) is 0 Å². The van der Waals surface area contributed by atoms with Crippen molar-refractivity contribution in [2.24, 2.45) is 11.1 Å². The summed E-state index contributed by atoms with van der Waals surface area (Å²) >= 11 is 0. The topological polar surface area (TPSA) is 66.7 Å². The molecule has 0 atom stereocenters. The van der Waals surface area contributed by atoms with Crippen LogP contribution in [-0.2, 0) is 9.59 Å². The molecule has 0 radical (unpaired) electrons. The lowest BCUT2D eigenvalue weighted by Gasteiger charge is -2.01. The zero-order chi connectivity index (χ0) is 9.02. The van der Waals surface area contributed by atoms with Gasteiger partial charge < -0.3 is 5.21 Å². The number of carbonyl (C=O) groups excluding carboxylic acids is 2. The zero-order valence-electron chi connectivity index (χ0n) is 6.79. The van der Waals surface area contributed by atoms with Gasteiger partial charge in [-0.2, -0.15) is 0 Å². The molecule has 0 aromatic heterocycles. The first-order valence-corrected chi connectivity index (χ1v) is 3.28. The van der Waals surface area contributed by atoms with Gasteiger partial charge >= 0.3 is 0 Å². The highest BCUT2D eigenvalue weighted by Gasteiger charge is 2.19. The predicted octanol–water partition coefficient (Wildman–Crippen LogP) is 0.631. The summed E-state index contributed by atoms with van der Waals surface area (Å²) in [6, 6.07) is 0. The summed E-state index contributed by atoms with van der Waals surface area (Å²) < 4.78 is 0. The molecule has 62 valence electrons. The normalized spacial score (nSPS) is 11.8. The lowest BCUT2D eigenvalue weighted by molar-refractivity contribution is -0.118. The van der Waals surface area contributed by atoms with E-state index in [1.165, 1.54) is 6.92 Å². The second-order valence-electron chi connectivity index (χ2n) is 2.52. The number of nitrogens with zero attached hydrogens (tertiary/aromatic N) is 1. The van der Waals surface area contributed by atoms with E-state index >= 15 is 0 Å². The third-order valence-corrected chi connectivity index (χ3v) is 1.19. The monoisotopic (exact) mass is 157 g/mol. The quantitative estimate of drug-likeness (QED) is 0.283. The van der Waals surface area contributed by atoms with Crippen LogP contribution in [0.15, 0.2) is 5.16 Å². The van der Waals surface area contributed by atoms with Gasteiger partial charge in [-0.25, -0.2) is 0 Å². The highest BCUT2D eigenvalue weighted by Crippen LogP contribution is 1.97. The molecular weight excluding hydrogens is 146 g/mol. The van der Waals surface area contributed by atoms with Crippen molar-refractivity contribution in [1.29, 1.82) is 0 Å². The Morgan fingerprint density at radius 1 is 1.36 bits per heavy atom. The van der Waals surface area contributed by atoms with Gasteiger partial charge in [0.1, 0.15) is 0 Å². The molecule has 0 bridgehead atoms. The molecule has 1 N–H and O–H groups in total. The largest absolute Gasteiger partial charge is 0.410 e. The van der Waals surface area contributed by atoms with Crippen LogP contribution < -0.4 is 0 Å². The van der Waals surface area contributed by atoms with Gasteiger partial charge in [-0.3, -0.25) is 9.59 Å². The first-order chi connectivity index (χ1) is 5.00. The fourth-order valence-electron chi connectivity index (χ4n) is 0.567. The summed E-state index contributed by atoms with van der Waals surface area (Å²) in [6.07, 6.45) is 0. The average molecular weight is 157 g/mol. The molecule has 0 amide bonds. The maximum atomic E-state index is 11.0. The smallest absolute Gasteiger partial charge is 0.190 e. The van der Waals surface area contributed by atoms with Crippen LogP contribution in [0.25, 0.3) is 0 Å². The molecular formula is C7H11NO3. The third-order valence-electron chi connectivity index (χ3n) is 1.19. The number of ketones is 2. The van der Waals surface area contributed by atoms with Crippen molar-refractivity contribution in [3.8, 4) is 0 Å². The van der Waals surface area contributed by atoms with E-state index in [0.29, 0.717) is 0 Å². The van der Waals surface area contributed by atoms with Crippen LogP contribution in [0.4, 0.5) is 0 Å². The minimum absolute atomic E-state index is 0.315. The lowest BCUT2D eigenvalue weighted by Crippen LogP contribution is -2.26. The van der Waals surface area contributed by atoms with E-state index in [1.807, 2.05) is 0 Å². The standard InChI is InChI=1S/C7H11NO3/c1-4(2)7(10)6(8-11)5(3)9/h4,11H,1-3H3. The van der Waals surface area contributed by atoms with E-state index in [4.69, 9.17) is 5.21 Å². The molecule has 11 heavy (non-hydrogen) atoms. The van der Waals surface area contributed by atoms with Crippen LogP contribution in [0.1, 0.15) is 20.8 Å². The van der Waals surface area contributed by atoms with Gasteiger partial charge in [0.05, 0.1) is 0 Å². The Balaban J connectivity index is 4.55. The first-order valence-electron chi connectivity index (χ1n) is 3.28. The van der Waals surface area contributed by atoms with Gasteiger partial charge in [-0.1, -0.05) is 19.0 Å². The van der Waals surface area contributed by atoms with Crippen LogP contribution >= 0.6 is 0 Å². The molecule has 0 unspecified atom stereocenters. The Kier molecular flexibility index (Phi) is 3.44. The molecule has 4 heteroatoms. The molecule has 0 aliphatic rings. The minimum atomic E-state index is -0.508. The lowest BCUT2D eigenvalue weighted by atomic mass is 10.0. The Labute approximate surface area is 64.9 Å². The highest BCUT2D eigenvalue weighted by molar-refractivity contribution is 6.65. The zero-order valence-corrected chi connectivity index (χ0v) is 6.79. The second-order valence-corrected chi connectivity index (χ2v) is 2.52. The number of hydrogen-bond acceptors (Lipinski definition) is 4. The summed E-state index contributed by atoms with van der Waals surface area (Å²) in [5.41, 5.74) is -0.375. The van der Waals surface area contributed by atoms with Crippen molar-refractivity contribution in [3.63, 3.8) is 0 Å². The SMILES string of the molecule is CC(=O)C(=NO)C(=O)C(C)C. The molecule has 0 heterocycles. The van der Waals surface area contributed by atoms with E-state index in [1.54, 1.807) is 13.8 Å². The summed E-state index contributed by atoms with van der Waals surface area (Å²) in [5.74, 6) is -1.25. The number of oxime groups is 1. The predicted molar refractivity (Wildman–Crippen MR) is 39.7 cm³/mol. The fourth-order valence-corrected chi connectivity index (χ4v) is 0.567. The van der Waals surface area contributed by atoms with E-state index in [-0.39, 0.29) is 11.6 Å². The van der Waals surface area contributed by atoms with Gasteiger partial charge in [-0.05, 0) is 0 Å². The van der Waals surface area contributed by atoms with Crippen molar-refractivity contribution < 1.29 is 14.8 Å². The molecule has 0 aromatic carbocycles. The number of Topliss-reactive ketones (excluding diaryl/α,β-unsaturated/α-hetero) is 2. The summed E-state index contributed by atoms with van der Waals surface area (Å²) in [7, 11) is 0. The van der Waals surface area contributed by atoms with Crippen molar-refractivity contribution >= 4 is 17.3 Å². The van der Waals surface area contributed by atoms with Gasteiger partial charge in [0.2, 0.25) is 0 Å². The molecule has 0 aromatic rings. The fraction of sp³-hybridized carbons (Fsp3) is 0.571. The number of hydrogen-bond donors (Lipinski definition) is 1. The molecule has 0 saturated heterocycles. The van der Waals surface area contributed by atoms with Gasteiger partial charge in [0, 0.05) is 12.8 Å². The van der Waals surface area contributed by atoms with Gasteiger partial charge in [0.15, 0.2) is 17.3 Å². The van der Waals surface area contributed by atoms with Crippen LogP contribution in [0.2, 0.25) is 0 Å². The van der Waals surface area contributed by atoms with Gasteiger partial charge in [0.25, 0.3) is 0 Å².